The van der Waals surface area contributed by atoms with Crippen molar-refractivity contribution >= 4 is 26.6 Å². The first kappa shape index (κ1) is 23.8. The number of hydrogen-bond donors (Lipinski definition) is 1. The second-order valence-corrected chi connectivity index (χ2v) is 11.2. The van der Waals surface area contributed by atoms with Gasteiger partial charge in [0.2, 0.25) is 0 Å². The third kappa shape index (κ3) is 4.63. The van der Waals surface area contributed by atoms with E-state index in [2.05, 4.69) is 28.1 Å². The third-order valence-corrected chi connectivity index (χ3v) is 8.21. The number of nitriles is 1. The van der Waals surface area contributed by atoms with E-state index in [-0.39, 0.29) is 17.3 Å². The summed E-state index contributed by atoms with van der Waals surface area (Å²) in [4.78, 5) is 6.72. The van der Waals surface area contributed by atoms with E-state index in [1.165, 1.54) is 0 Å². The van der Waals surface area contributed by atoms with E-state index < -0.39 is 9.84 Å². The van der Waals surface area contributed by atoms with Crippen molar-refractivity contribution in [3.8, 4) is 34.1 Å². The van der Waals surface area contributed by atoms with Gasteiger partial charge in [0, 0.05) is 25.2 Å². The molecule has 0 amide bonds. The number of anilines is 1. The third-order valence-electron chi connectivity index (χ3n) is 6.60. The highest BCUT2D eigenvalue weighted by Gasteiger charge is 2.22. The summed E-state index contributed by atoms with van der Waals surface area (Å²) >= 11 is 0. The lowest BCUT2D eigenvalue weighted by atomic mass is 9.93. The second kappa shape index (κ2) is 9.61. The Labute approximate surface area is 210 Å². The van der Waals surface area contributed by atoms with Crippen LogP contribution in [0, 0.1) is 11.3 Å². The van der Waals surface area contributed by atoms with Crippen molar-refractivity contribution in [1.29, 1.82) is 5.26 Å². The number of ether oxygens (including phenoxy) is 1. The van der Waals surface area contributed by atoms with Crippen LogP contribution in [-0.4, -0.2) is 50.0 Å². The van der Waals surface area contributed by atoms with Crippen LogP contribution in [0.1, 0.15) is 11.1 Å². The number of benzene rings is 3. The second-order valence-electron chi connectivity index (χ2n) is 8.92. The van der Waals surface area contributed by atoms with Gasteiger partial charge >= 0.3 is 0 Å². The quantitative estimate of drug-likeness (QED) is 0.438. The number of nitrogen functional groups attached to an aromatic ring is 1. The van der Waals surface area contributed by atoms with E-state index in [1.54, 1.807) is 7.11 Å². The SMILES string of the molecule is COc1cc(-c2ccc(CN3CCS(=O)(=O)CC3)cc2)cc2nc(N)c(C#N)c(-c3ccccc3)c12. The minimum atomic E-state index is -2.89. The average Bonchev–Trinajstić information content (AvgIpc) is 2.89. The van der Waals surface area contributed by atoms with Crippen molar-refractivity contribution in [2.75, 3.05) is 37.4 Å². The number of nitrogens with two attached hydrogens (primary N) is 1. The highest BCUT2D eigenvalue weighted by atomic mass is 32.2. The molecule has 1 aromatic heterocycles. The highest BCUT2D eigenvalue weighted by Crippen LogP contribution is 2.41. The first-order valence-electron chi connectivity index (χ1n) is 11.7. The number of fused-ring (bicyclic) bond motifs is 1. The average molecular weight is 499 g/mol. The fourth-order valence-corrected chi connectivity index (χ4v) is 5.96. The summed E-state index contributed by atoms with van der Waals surface area (Å²) in [7, 11) is -1.28. The van der Waals surface area contributed by atoms with Crippen molar-refractivity contribution in [3.63, 3.8) is 0 Å². The highest BCUT2D eigenvalue weighted by molar-refractivity contribution is 7.91. The molecule has 0 saturated carbocycles. The predicted molar refractivity (Wildman–Crippen MR) is 142 cm³/mol. The largest absolute Gasteiger partial charge is 0.496 e. The number of pyridine rings is 1. The molecule has 2 N–H and O–H groups in total. The Bertz CT molecular complexity index is 1560. The lowest BCUT2D eigenvalue weighted by Gasteiger charge is -2.26. The minimum absolute atomic E-state index is 0.182. The maximum Gasteiger partial charge on any atom is 0.152 e. The Balaban J connectivity index is 1.53. The Morgan fingerprint density at radius 2 is 1.69 bits per heavy atom. The van der Waals surface area contributed by atoms with Gasteiger partial charge in [-0.1, -0.05) is 54.6 Å². The van der Waals surface area contributed by atoms with Crippen LogP contribution in [0.25, 0.3) is 33.2 Å². The molecule has 2 heterocycles. The van der Waals surface area contributed by atoms with Crippen LogP contribution in [-0.2, 0) is 16.4 Å². The van der Waals surface area contributed by atoms with Gasteiger partial charge in [-0.3, -0.25) is 4.90 Å². The standard InChI is InChI=1S/C28H26N4O3S/c1-35-25-16-22(20-9-7-19(8-10-20)18-32-11-13-36(33,34)14-12-32)15-24-27(25)26(21-5-3-2-4-6-21)23(17-29)28(30)31-24/h2-10,15-16H,11-14,18H2,1H3,(H2,30,31). The molecule has 1 saturated heterocycles. The fraction of sp³-hybridized carbons (Fsp3) is 0.214. The fourth-order valence-electron chi connectivity index (χ4n) is 4.68. The molecule has 8 heteroatoms. The molecule has 4 aromatic rings. The molecule has 0 atom stereocenters. The van der Waals surface area contributed by atoms with E-state index >= 15 is 0 Å². The van der Waals surface area contributed by atoms with E-state index in [0.29, 0.717) is 42.0 Å². The van der Waals surface area contributed by atoms with E-state index in [1.807, 2.05) is 54.6 Å². The van der Waals surface area contributed by atoms with Crippen molar-refractivity contribution in [2.45, 2.75) is 6.54 Å². The molecule has 1 aliphatic heterocycles. The molecule has 182 valence electrons. The molecule has 0 spiro atoms. The van der Waals surface area contributed by atoms with Crippen LogP contribution >= 0.6 is 0 Å². The zero-order valence-electron chi connectivity index (χ0n) is 19.9. The Hall–Kier alpha value is -3.93. The van der Waals surface area contributed by atoms with Crippen LogP contribution in [0.15, 0.2) is 66.7 Å². The summed E-state index contributed by atoms with van der Waals surface area (Å²) in [6, 6.07) is 24.0. The number of aromatic nitrogens is 1. The van der Waals surface area contributed by atoms with Crippen molar-refractivity contribution in [1.82, 2.24) is 9.88 Å². The molecule has 0 aliphatic carbocycles. The molecule has 0 radical (unpaired) electrons. The Kier molecular flexibility index (Phi) is 6.35. The lowest BCUT2D eigenvalue weighted by Crippen LogP contribution is -2.39. The van der Waals surface area contributed by atoms with Crippen LogP contribution in [0.3, 0.4) is 0 Å². The normalized spacial score (nSPS) is 15.4. The Morgan fingerprint density at radius 3 is 2.33 bits per heavy atom. The summed E-state index contributed by atoms with van der Waals surface area (Å²) < 4.78 is 29.2. The van der Waals surface area contributed by atoms with Gasteiger partial charge in [0.1, 0.15) is 23.2 Å². The van der Waals surface area contributed by atoms with Crippen LogP contribution in [0.5, 0.6) is 5.75 Å². The number of methoxy groups -OCH3 is 1. The van der Waals surface area contributed by atoms with Gasteiger partial charge in [-0.25, -0.2) is 13.4 Å². The molecule has 1 aliphatic rings. The maximum atomic E-state index is 11.7. The molecule has 3 aromatic carbocycles. The maximum absolute atomic E-state index is 11.7. The minimum Gasteiger partial charge on any atom is -0.496 e. The van der Waals surface area contributed by atoms with Gasteiger partial charge in [-0.15, -0.1) is 0 Å². The number of nitrogens with zero attached hydrogens (tertiary/aromatic N) is 3. The van der Waals surface area contributed by atoms with Crippen LogP contribution < -0.4 is 10.5 Å². The van der Waals surface area contributed by atoms with Crippen molar-refractivity contribution < 1.29 is 13.2 Å². The first-order valence-corrected chi connectivity index (χ1v) is 13.5. The summed E-state index contributed by atoms with van der Waals surface area (Å²) in [5, 5.41) is 10.6. The molecule has 0 unspecified atom stereocenters. The lowest BCUT2D eigenvalue weighted by molar-refractivity contribution is 0.287. The molecule has 5 rings (SSSR count). The van der Waals surface area contributed by atoms with E-state index in [0.717, 1.165) is 27.6 Å². The number of rotatable bonds is 5. The molecular weight excluding hydrogens is 472 g/mol. The van der Waals surface area contributed by atoms with Gasteiger partial charge in [0.15, 0.2) is 9.84 Å². The Morgan fingerprint density at radius 1 is 1.00 bits per heavy atom. The van der Waals surface area contributed by atoms with Gasteiger partial charge in [-0.2, -0.15) is 5.26 Å². The van der Waals surface area contributed by atoms with E-state index in [4.69, 9.17) is 10.5 Å². The molecule has 1 fully saturated rings. The zero-order chi connectivity index (χ0) is 25.3. The summed E-state index contributed by atoms with van der Waals surface area (Å²) in [6.45, 7) is 1.84. The van der Waals surface area contributed by atoms with Crippen LogP contribution in [0.4, 0.5) is 5.82 Å². The molecule has 7 nitrogen and oxygen atoms in total. The van der Waals surface area contributed by atoms with E-state index in [9.17, 15) is 13.7 Å². The van der Waals surface area contributed by atoms with Gasteiger partial charge < -0.3 is 10.5 Å². The summed E-state index contributed by atoms with van der Waals surface area (Å²) in [5.74, 6) is 1.23. The molecular formula is C28H26N4O3S. The summed E-state index contributed by atoms with van der Waals surface area (Å²) in [5.41, 5.74) is 11.8. The number of hydrogen-bond acceptors (Lipinski definition) is 7. The molecule has 0 bridgehead atoms. The number of sulfone groups is 1. The summed E-state index contributed by atoms with van der Waals surface area (Å²) in [6.07, 6.45) is 0. The topological polar surface area (TPSA) is 109 Å². The van der Waals surface area contributed by atoms with Crippen molar-refractivity contribution in [3.05, 3.63) is 77.9 Å². The molecule has 36 heavy (non-hydrogen) atoms. The zero-order valence-corrected chi connectivity index (χ0v) is 20.8. The van der Waals surface area contributed by atoms with Crippen molar-refractivity contribution in [2.24, 2.45) is 0 Å². The smallest absolute Gasteiger partial charge is 0.152 e. The van der Waals surface area contributed by atoms with Gasteiger partial charge in [0.25, 0.3) is 0 Å². The van der Waals surface area contributed by atoms with Gasteiger partial charge in [-0.05, 0) is 34.4 Å². The van der Waals surface area contributed by atoms with Gasteiger partial charge in [0.05, 0.1) is 29.5 Å². The monoisotopic (exact) mass is 498 g/mol. The van der Waals surface area contributed by atoms with Crippen LogP contribution in [0.2, 0.25) is 0 Å². The predicted octanol–water partition coefficient (Wildman–Crippen LogP) is 4.26. The first-order chi connectivity index (χ1) is 17.4.